The molecule has 4 rings (SSSR count). The summed E-state index contributed by atoms with van der Waals surface area (Å²) < 4.78 is 18.4. The lowest BCUT2D eigenvalue weighted by Crippen LogP contribution is -2.51. The van der Waals surface area contributed by atoms with Gasteiger partial charge >= 0.3 is 5.97 Å². The van der Waals surface area contributed by atoms with Gasteiger partial charge < -0.3 is 24.2 Å². The van der Waals surface area contributed by atoms with Crippen LogP contribution in [-0.4, -0.2) is 53.8 Å². The molecule has 2 fully saturated rings. The molecule has 0 bridgehead atoms. The maximum Gasteiger partial charge on any atom is 0.326 e. The fourth-order valence-electron chi connectivity index (χ4n) is 6.48. The number of nitrogens with zero attached hydrogens (tertiary/aromatic N) is 1. The van der Waals surface area contributed by atoms with Crippen LogP contribution in [0.4, 0.5) is 0 Å². The lowest BCUT2D eigenvalue weighted by molar-refractivity contribution is -0.159. The van der Waals surface area contributed by atoms with Crippen LogP contribution in [0.15, 0.2) is 42.5 Å². The second-order valence-electron chi connectivity index (χ2n) is 13.6. The van der Waals surface area contributed by atoms with Gasteiger partial charge in [0.1, 0.15) is 17.9 Å². The number of carboxylic acids is 1. The quantitative estimate of drug-likeness (QED) is 0.415. The number of carbonyl (C=O) groups excluding carboxylic acids is 1. The molecule has 7 heteroatoms. The third-order valence-electron chi connectivity index (χ3n) is 8.65. The van der Waals surface area contributed by atoms with Crippen LogP contribution in [0.5, 0.6) is 5.75 Å². The van der Waals surface area contributed by atoms with E-state index in [9.17, 15) is 14.7 Å². The summed E-state index contributed by atoms with van der Waals surface area (Å²) in [6.45, 7) is 15.3. The van der Waals surface area contributed by atoms with E-state index in [4.69, 9.17) is 14.2 Å². The fraction of sp³-hybridized carbons (Fsp3) is 0.588. The Bertz CT molecular complexity index is 1240. The zero-order valence-electron chi connectivity index (χ0n) is 25.9. The molecule has 2 aromatic rings. The minimum atomic E-state index is -1.06. The first kappa shape index (κ1) is 31.0. The number of amides is 1. The Morgan fingerprint density at radius 1 is 1.05 bits per heavy atom. The van der Waals surface area contributed by atoms with Crippen LogP contribution in [0.1, 0.15) is 89.1 Å². The molecule has 2 aliphatic heterocycles. The number of hydrogen-bond acceptors (Lipinski definition) is 5. The van der Waals surface area contributed by atoms with Crippen molar-refractivity contribution in [2.75, 3.05) is 13.7 Å². The van der Waals surface area contributed by atoms with E-state index in [1.165, 1.54) is 0 Å². The molecule has 1 amide bonds. The molecule has 41 heavy (non-hydrogen) atoms. The van der Waals surface area contributed by atoms with Crippen LogP contribution in [0.2, 0.25) is 0 Å². The number of benzene rings is 2. The van der Waals surface area contributed by atoms with Crippen LogP contribution in [0.25, 0.3) is 0 Å². The highest BCUT2D eigenvalue weighted by Gasteiger charge is 2.59. The average Bonchev–Trinajstić information content (AvgIpc) is 3.27. The first-order chi connectivity index (χ1) is 19.3. The molecule has 0 radical (unpaired) electrons. The number of ether oxygens (including phenoxy) is 3. The zero-order valence-corrected chi connectivity index (χ0v) is 25.9. The van der Waals surface area contributed by atoms with Gasteiger partial charge in [-0.25, -0.2) is 4.79 Å². The van der Waals surface area contributed by atoms with Crippen molar-refractivity contribution in [3.05, 3.63) is 64.7 Å². The summed E-state index contributed by atoms with van der Waals surface area (Å²) in [5, 5.41) is 10.7. The first-order valence-electron chi connectivity index (χ1n) is 14.8. The Morgan fingerprint density at radius 3 is 2.32 bits per heavy atom. The molecule has 1 N–H and O–H groups in total. The minimum absolute atomic E-state index is 0.0658. The molecule has 0 saturated carbocycles. The maximum absolute atomic E-state index is 14.2. The molecule has 0 unspecified atom stereocenters. The summed E-state index contributed by atoms with van der Waals surface area (Å²) in [6.07, 6.45) is 1.14. The highest BCUT2D eigenvalue weighted by Crippen LogP contribution is 2.51. The van der Waals surface area contributed by atoms with E-state index in [2.05, 4.69) is 32.9 Å². The number of carbonyl (C=O) groups is 2. The van der Waals surface area contributed by atoms with Gasteiger partial charge in [0.15, 0.2) is 0 Å². The normalized spacial score (nSPS) is 25.3. The number of rotatable bonds is 7. The van der Waals surface area contributed by atoms with Crippen LogP contribution >= 0.6 is 0 Å². The van der Waals surface area contributed by atoms with Gasteiger partial charge in [-0.05, 0) is 65.8 Å². The van der Waals surface area contributed by atoms with E-state index < -0.39 is 41.6 Å². The largest absolute Gasteiger partial charge is 0.496 e. The fourth-order valence-corrected chi connectivity index (χ4v) is 6.48. The molecule has 0 spiro atoms. The number of methoxy groups -OCH3 is 1. The van der Waals surface area contributed by atoms with Crippen molar-refractivity contribution >= 4 is 11.9 Å². The Balaban J connectivity index is 1.84. The lowest BCUT2D eigenvalue weighted by atomic mass is 9.73. The minimum Gasteiger partial charge on any atom is -0.496 e. The Kier molecular flexibility index (Phi) is 9.19. The predicted octanol–water partition coefficient (Wildman–Crippen LogP) is 6.45. The summed E-state index contributed by atoms with van der Waals surface area (Å²) in [6, 6.07) is 12.4. The molecular weight excluding hydrogens is 518 g/mol. The highest BCUT2D eigenvalue weighted by molar-refractivity contribution is 5.88. The Labute approximate surface area is 245 Å². The summed E-state index contributed by atoms with van der Waals surface area (Å²) in [7, 11) is 1.64. The van der Waals surface area contributed by atoms with Crippen LogP contribution in [0.3, 0.4) is 0 Å². The van der Waals surface area contributed by atoms with E-state index >= 15 is 0 Å². The van der Waals surface area contributed by atoms with Gasteiger partial charge in [0, 0.05) is 18.1 Å². The Morgan fingerprint density at radius 2 is 1.76 bits per heavy atom. The van der Waals surface area contributed by atoms with Crippen molar-refractivity contribution in [1.82, 2.24) is 4.90 Å². The van der Waals surface area contributed by atoms with E-state index in [0.717, 1.165) is 35.1 Å². The summed E-state index contributed by atoms with van der Waals surface area (Å²) in [5.41, 5.74) is 3.39. The third-order valence-corrected chi connectivity index (χ3v) is 8.65. The topological polar surface area (TPSA) is 85.3 Å². The van der Waals surface area contributed by atoms with E-state index in [1.807, 2.05) is 58.0 Å². The molecule has 2 heterocycles. The highest BCUT2D eigenvalue weighted by atomic mass is 16.5. The van der Waals surface area contributed by atoms with E-state index in [0.29, 0.717) is 18.8 Å². The number of aryl methyl sites for hydroxylation is 1. The van der Waals surface area contributed by atoms with Gasteiger partial charge in [-0.1, -0.05) is 71.9 Å². The second-order valence-corrected chi connectivity index (χ2v) is 13.6. The maximum atomic E-state index is 14.2. The van der Waals surface area contributed by atoms with Crippen LogP contribution < -0.4 is 4.74 Å². The van der Waals surface area contributed by atoms with Gasteiger partial charge in [-0.2, -0.15) is 0 Å². The van der Waals surface area contributed by atoms with Gasteiger partial charge in [0.05, 0.1) is 25.9 Å². The zero-order chi connectivity index (χ0) is 30.1. The van der Waals surface area contributed by atoms with E-state index in [1.54, 1.807) is 12.0 Å². The van der Waals surface area contributed by atoms with Crippen molar-refractivity contribution in [3.8, 4) is 5.75 Å². The molecule has 2 aromatic carbocycles. The van der Waals surface area contributed by atoms with Gasteiger partial charge in [0.25, 0.3) is 5.91 Å². The molecule has 5 atom stereocenters. The molecule has 224 valence electrons. The third kappa shape index (κ3) is 6.46. The van der Waals surface area contributed by atoms with Crippen molar-refractivity contribution < 1.29 is 28.9 Å². The molecular formula is C34H47NO6. The number of likely N-dealkylation sites (tertiary alicyclic amines) is 1. The molecule has 2 saturated heterocycles. The lowest BCUT2D eigenvalue weighted by Gasteiger charge is -2.35. The average molecular weight is 566 g/mol. The first-order valence-corrected chi connectivity index (χ1v) is 14.8. The molecule has 2 aliphatic rings. The number of carboxylic acid groups (broad SMARTS) is 1. The van der Waals surface area contributed by atoms with Crippen LogP contribution in [-0.2, 0) is 31.1 Å². The standard InChI is InChI=1S/C34H47NO6/c1-21-13-9-10-14-24(21)28-30(41-20-22-19-23(33(2,3)4)16-17-25(22)39-8)27(34(5,6)7)29(32(37)38)35(28)31(36)26-15-11-12-18-40-26/h9-10,13-14,16-17,19,26-30H,11-12,15,18,20H2,1-8H3,(H,37,38)/t26-,27+,28-,29-,30-/m0/s1. The summed E-state index contributed by atoms with van der Waals surface area (Å²) in [4.78, 5) is 28.9. The van der Waals surface area contributed by atoms with Crippen molar-refractivity contribution in [1.29, 1.82) is 0 Å². The van der Waals surface area contributed by atoms with Crippen molar-refractivity contribution in [2.45, 2.75) is 104 Å². The van der Waals surface area contributed by atoms with Gasteiger partial charge in [0.2, 0.25) is 0 Å². The summed E-state index contributed by atoms with van der Waals surface area (Å²) in [5.74, 6) is -1.05. The molecule has 0 aromatic heterocycles. The monoisotopic (exact) mass is 565 g/mol. The smallest absolute Gasteiger partial charge is 0.326 e. The molecule has 0 aliphatic carbocycles. The van der Waals surface area contributed by atoms with Crippen molar-refractivity contribution in [3.63, 3.8) is 0 Å². The van der Waals surface area contributed by atoms with Gasteiger partial charge in [-0.3, -0.25) is 4.79 Å². The van der Waals surface area contributed by atoms with Gasteiger partial charge in [-0.15, -0.1) is 0 Å². The number of hydrogen-bond donors (Lipinski definition) is 1. The Hall–Kier alpha value is -2.90. The van der Waals surface area contributed by atoms with Crippen LogP contribution in [0, 0.1) is 18.3 Å². The second kappa shape index (κ2) is 12.1. The van der Waals surface area contributed by atoms with Crippen molar-refractivity contribution in [2.24, 2.45) is 11.3 Å². The summed E-state index contributed by atoms with van der Waals surface area (Å²) >= 11 is 0. The molecule has 7 nitrogen and oxygen atoms in total. The van der Waals surface area contributed by atoms with E-state index in [-0.39, 0.29) is 17.9 Å². The number of aliphatic carboxylic acids is 1. The predicted molar refractivity (Wildman–Crippen MR) is 159 cm³/mol. The SMILES string of the molecule is COc1ccc(C(C)(C)C)cc1CO[C@H]1[C@H](C(C)(C)C)[C@@H](C(=O)O)N(C(=O)[C@@H]2CCCCO2)[C@H]1c1ccccc1C.